The van der Waals surface area contributed by atoms with Crippen molar-refractivity contribution in [1.82, 2.24) is 10.6 Å². The summed E-state index contributed by atoms with van der Waals surface area (Å²) in [5.74, 6) is 2.48. The third kappa shape index (κ3) is 4.84. The van der Waals surface area contributed by atoms with Crippen molar-refractivity contribution in [2.75, 3.05) is 11.5 Å². The van der Waals surface area contributed by atoms with E-state index in [1.165, 1.54) is 23.1 Å². The number of carbonyl (C=O) groups excluding carboxylic acids is 1. The molecule has 1 aromatic rings. The first kappa shape index (κ1) is 15.4. The number of hydrogen-bond donors (Lipinski definition) is 2. The van der Waals surface area contributed by atoms with E-state index in [0.29, 0.717) is 18.2 Å². The summed E-state index contributed by atoms with van der Waals surface area (Å²) in [5.41, 5.74) is 3.93. The molecular weight excluding hydrogens is 268 g/mol. The Morgan fingerprint density at radius 2 is 2.15 bits per heavy atom. The van der Waals surface area contributed by atoms with Crippen LogP contribution in [-0.2, 0) is 24.4 Å². The molecule has 0 saturated carbocycles. The first-order valence-corrected chi connectivity index (χ1v) is 8.46. The predicted molar refractivity (Wildman–Crippen MR) is 85.6 cm³/mol. The van der Waals surface area contributed by atoms with Crippen LogP contribution in [0.3, 0.4) is 0 Å². The monoisotopic (exact) mass is 292 g/mol. The molecule has 0 spiro atoms. The lowest BCUT2D eigenvalue weighted by Gasteiger charge is -2.08. The third-order valence-corrected chi connectivity index (χ3v) is 4.45. The van der Waals surface area contributed by atoms with Gasteiger partial charge in [-0.15, -0.1) is 0 Å². The zero-order chi connectivity index (χ0) is 14.4. The van der Waals surface area contributed by atoms with Gasteiger partial charge in [0.25, 0.3) is 0 Å². The quantitative estimate of drug-likeness (QED) is 0.759. The van der Waals surface area contributed by atoms with Crippen molar-refractivity contribution in [2.24, 2.45) is 5.92 Å². The normalized spacial score (nSPS) is 13.6. The lowest BCUT2D eigenvalue weighted by molar-refractivity contribution is -0.118. The summed E-state index contributed by atoms with van der Waals surface area (Å²) in [6.07, 6.45) is 1.18. The number of nitrogens with one attached hydrogen (secondary N) is 2. The summed E-state index contributed by atoms with van der Waals surface area (Å²) >= 11 is 1.72. The molecule has 0 fully saturated rings. The van der Waals surface area contributed by atoms with E-state index < -0.39 is 0 Å². The zero-order valence-corrected chi connectivity index (χ0v) is 13.2. The maximum absolute atomic E-state index is 11.8. The minimum atomic E-state index is 0.136. The van der Waals surface area contributed by atoms with Crippen LogP contribution < -0.4 is 10.6 Å². The fourth-order valence-corrected chi connectivity index (χ4v) is 3.26. The molecule has 2 rings (SSSR count). The van der Waals surface area contributed by atoms with E-state index in [1.807, 2.05) is 0 Å². The standard InChI is InChI=1S/C16H24N2OS/c1-12(2)5-6-20-11-16(19)18-8-13-3-4-14-9-17-10-15(14)7-13/h3-4,7,12,17H,5-6,8-11H2,1-2H3,(H,18,19). The number of amides is 1. The summed E-state index contributed by atoms with van der Waals surface area (Å²) in [6.45, 7) is 6.97. The molecular formula is C16H24N2OS. The molecule has 4 heteroatoms. The van der Waals surface area contributed by atoms with Gasteiger partial charge in [-0.05, 0) is 34.8 Å². The topological polar surface area (TPSA) is 41.1 Å². The van der Waals surface area contributed by atoms with Gasteiger partial charge in [0.05, 0.1) is 5.75 Å². The molecule has 3 nitrogen and oxygen atoms in total. The smallest absolute Gasteiger partial charge is 0.230 e. The van der Waals surface area contributed by atoms with Crippen molar-refractivity contribution in [2.45, 2.75) is 39.9 Å². The Morgan fingerprint density at radius 3 is 2.95 bits per heavy atom. The molecule has 1 aliphatic heterocycles. The first-order valence-electron chi connectivity index (χ1n) is 7.31. The number of hydrogen-bond acceptors (Lipinski definition) is 3. The highest BCUT2D eigenvalue weighted by atomic mass is 32.2. The number of carbonyl (C=O) groups is 1. The highest BCUT2D eigenvalue weighted by Gasteiger charge is 2.10. The summed E-state index contributed by atoms with van der Waals surface area (Å²) in [5, 5.41) is 6.33. The number of fused-ring (bicyclic) bond motifs is 1. The molecule has 0 bridgehead atoms. The van der Waals surface area contributed by atoms with Crippen LogP contribution in [0, 0.1) is 5.92 Å². The van der Waals surface area contributed by atoms with Gasteiger partial charge >= 0.3 is 0 Å². The Morgan fingerprint density at radius 1 is 1.35 bits per heavy atom. The van der Waals surface area contributed by atoms with E-state index in [-0.39, 0.29) is 5.91 Å². The van der Waals surface area contributed by atoms with Gasteiger partial charge in [0.2, 0.25) is 5.91 Å². The van der Waals surface area contributed by atoms with Gasteiger partial charge < -0.3 is 10.6 Å². The highest BCUT2D eigenvalue weighted by Crippen LogP contribution is 2.17. The molecule has 0 aromatic heterocycles. The van der Waals surface area contributed by atoms with Crippen LogP contribution in [0.25, 0.3) is 0 Å². The fourth-order valence-electron chi connectivity index (χ4n) is 2.19. The van der Waals surface area contributed by atoms with Crippen molar-refractivity contribution in [3.63, 3.8) is 0 Å². The van der Waals surface area contributed by atoms with E-state index in [0.717, 1.165) is 18.8 Å². The molecule has 1 amide bonds. The van der Waals surface area contributed by atoms with Gasteiger partial charge in [0.15, 0.2) is 0 Å². The second-order valence-electron chi connectivity index (χ2n) is 5.72. The van der Waals surface area contributed by atoms with Gasteiger partial charge in [0.1, 0.15) is 0 Å². The minimum absolute atomic E-state index is 0.136. The van der Waals surface area contributed by atoms with Gasteiger partial charge in [-0.3, -0.25) is 4.79 Å². The van der Waals surface area contributed by atoms with E-state index in [9.17, 15) is 4.79 Å². The second kappa shape index (κ2) is 7.70. The molecule has 0 saturated heterocycles. The largest absolute Gasteiger partial charge is 0.351 e. The molecule has 20 heavy (non-hydrogen) atoms. The molecule has 0 aliphatic carbocycles. The lowest BCUT2D eigenvalue weighted by Crippen LogP contribution is -2.24. The van der Waals surface area contributed by atoms with Crippen molar-refractivity contribution in [3.8, 4) is 0 Å². The van der Waals surface area contributed by atoms with Gasteiger partial charge in [0, 0.05) is 19.6 Å². The van der Waals surface area contributed by atoms with Crippen LogP contribution in [0.5, 0.6) is 0 Å². The number of thioether (sulfide) groups is 1. The van der Waals surface area contributed by atoms with Gasteiger partial charge in [-0.25, -0.2) is 0 Å². The molecule has 0 unspecified atom stereocenters. The Bertz CT molecular complexity index is 460. The number of benzene rings is 1. The van der Waals surface area contributed by atoms with Crippen molar-refractivity contribution in [1.29, 1.82) is 0 Å². The van der Waals surface area contributed by atoms with E-state index in [2.05, 4.69) is 42.7 Å². The van der Waals surface area contributed by atoms with Crippen LogP contribution in [0.1, 0.15) is 37.0 Å². The fraction of sp³-hybridized carbons (Fsp3) is 0.562. The Balaban J connectivity index is 1.68. The van der Waals surface area contributed by atoms with E-state index in [4.69, 9.17) is 0 Å². The van der Waals surface area contributed by atoms with Crippen LogP contribution in [-0.4, -0.2) is 17.4 Å². The van der Waals surface area contributed by atoms with Gasteiger partial charge in [-0.2, -0.15) is 11.8 Å². The first-order chi connectivity index (χ1) is 9.65. The molecule has 1 aliphatic rings. The molecule has 0 radical (unpaired) electrons. The van der Waals surface area contributed by atoms with Crippen molar-refractivity contribution < 1.29 is 4.79 Å². The SMILES string of the molecule is CC(C)CCSCC(=O)NCc1ccc2c(c1)CNC2. The van der Waals surface area contributed by atoms with Crippen molar-refractivity contribution in [3.05, 3.63) is 34.9 Å². The third-order valence-electron chi connectivity index (χ3n) is 3.46. The Hall–Kier alpha value is -1.00. The molecule has 110 valence electrons. The van der Waals surface area contributed by atoms with Crippen molar-refractivity contribution >= 4 is 17.7 Å². The zero-order valence-electron chi connectivity index (χ0n) is 12.4. The van der Waals surface area contributed by atoms with Crippen LogP contribution in [0.2, 0.25) is 0 Å². The molecule has 1 heterocycles. The highest BCUT2D eigenvalue weighted by molar-refractivity contribution is 7.99. The summed E-state index contributed by atoms with van der Waals surface area (Å²) in [6, 6.07) is 6.47. The summed E-state index contributed by atoms with van der Waals surface area (Å²) in [7, 11) is 0. The van der Waals surface area contributed by atoms with Gasteiger partial charge in [-0.1, -0.05) is 32.0 Å². The van der Waals surface area contributed by atoms with Crippen LogP contribution in [0.4, 0.5) is 0 Å². The average Bonchev–Trinajstić information content (AvgIpc) is 2.88. The lowest BCUT2D eigenvalue weighted by atomic mass is 10.1. The van der Waals surface area contributed by atoms with Crippen LogP contribution in [0.15, 0.2) is 18.2 Å². The average molecular weight is 292 g/mol. The summed E-state index contributed by atoms with van der Waals surface area (Å²) in [4.78, 5) is 11.8. The molecule has 1 aromatic carbocycles. The van der Waals surface area contributed by atoms with E-state index in [1.54, 1.807) is 11.8 Å². The number of rotatable bonds is 7. The maximum Gasteiger partial charge on any atom is 0.230 e. The Labute approximate surface area is 125 Å². The molecule has 0 atom stereocenters. The predicted octanol–water partition coefficient (Wildman–Crippen LogP) is 2.69. The summed E-state index contributed by atoms with van der Waals surface area (Å²) < 4.78 is 0. The maximum atomic E-state index is 11.8. The second-order valence-corrected chi connectivity index (χ2v) is 6.82. The van der Waals surface area contributed by atoms with E-state index >= 15 is 0 Å². The van der Waals surface area contributed by atoms with Crippen LogP contribution >= 0.6 is 11.8 Å². The Kier molecular flexibility index (Phi) is 5.92. The molecule has 2 N–H and O–H groups in total. The minimum Gasteiger partial charge on any atom is -0.351 e.